The summed E-state index contributed by atoms with van der Waals surface area (Å²) in [7, 11) is 1.23. The van der Waals surface area contributed by atoms with E-state index in [9.17, 15) is 36.3 Å². The number of halogens is 5. The minimum atomic E-state index is -4.69. The van der Waals surface area contributed by atoms with Crippen molar-refractivity contribution in [1.82, 2.24) is 9.88 Å². The Morgan fingerprint density at radius 2 is 1.53 bits per heavy atom. The van der Waals surface area contributed by atoms with E-state index in [1.165, 1.54) is 31.3 Å². The van der Waals surface area contributed by atoms with E-state index >= 15 is 0 Å². The van der Waals surface area contributed by atoms with Gasteiger partial charge < -0.3 is 4.90 Å². The van der Waals surface area contributed by atoms with Crippen LogP contribution >= 0.6 is 13.5 Å². The number of nitrogens with zero attached hydrogens (tertiary/aromatic N) is 3. The number of carbonyl (C=O) groups is 3. The summed E-state index contributed by atoms with van der Waals surface area (Å²) in [4.78, 5) is 44.5. The minimum absolute atomic E-state index is 0. The summed E-state index contributed by atoms with van der Waals surface area (Å²) in [6.45, 7) is 0. The smallest absolute Gasteiger partial charge is 0.312 e. The van der Waals surface area contributed by atoms with Crippen LogP contribution in [0.15, 0.2) is 60.8 Å². The quantitative estimate of drug-likeness (QED) is 0.368. The van der Waals surface area contributed by atoms with Gasteiger partial charge >= 0.3 is 6.18 Å². The van der Waals surface area contributed by atoms with E-state index in [1.807, 2.05) is 0 Å². The molecule has 0 spiro atoms. The van der Waals surface area contributed by atoms with Crippen molar-refractivity contribution in [2.75, 3.05) is 11.9 Å². The molecule has 2 heterocycles. The fourth-order valence-electron chi connectivity index (χ4n) is 3.83. The van der Waals surface area contributed by atoms with Crippen molar-refractivity contribution in [3.8, 4) is 0 Å². The summed E-state index contributed by atoms with van der Waals surface area (Å²) in [5.74, 6) is -4.27. The number of pyridine rings is 1. The Morgan fingerprint density at radius 1 is 0.972 bits per heavy atom. The third kappa shape index (κ3) is 5.08. The van der Waals surface area contributed by atoms with Crippen LogP contribution in [0.25, 0.3) is 0 Å². The molecule has 0 bridgehead atoms. The highest BCUT2D eigenvalue weighted by Crippen LogP contribution is 2.30. The topological polar surface area (TPSA) is 70.6 Å². The maximum atomic E-state index is 13.8. The third-order valence-corrected chi connectivity index (χ3v) is 5.53. The Hall–Kier alpha value is -3.80. The lowest BCUT2D eigenvalue weighted by Gasteiger charge is -2.29. The number of amides is 3. The molecule has 0 fully saturated rings. The van der Waals surface area contributed by atoms with Gasteiger partial charge in [-0.15, -0.1) is 0 Å². The Labute approximate surface area is 208 Å². The summed E-state index contributed by atoms with van der Waals surface area (Å²) in [5.41, 5.74) is -1.11. The van der Waals surface area contributed by atoms with E-state index in [2.05, 4.69) is 4.98 Å². The zero-order valence-electron chi connectivity index (χ0n) is 18.5. The van der Waals surface area contributed by atoms with Crippen LogP contribution in [0.2, 0.25) is 0 Å². The molecule has 3 amide bonds. The first-order valence-corrected chi connectivity index (χ1v) is 10.2. The number of benzene rings is 2. The Morgan fingerprint density at radius 3 is 2.00 bits per heavy atom. The van der Waals surface area contributed by atoms with Crippen LogP contribution in [0.1, 0.15) is 32.0 Å². The second-order valence-electron chi connectivity index (χ2n) is 7.82. The van der Waals surface area contributed by atoms with Crippen molar-refractivity contribution in [2.24, 2.45) is 0 Å². The Kier molecular flexibility index (Phi) is 7.48. The van der Waals surface area contributed by atoms with Gasteiger partial charge in [0.15, 0.2) is 0 Å². The lowest BCUT2D eigenvalue weighted by Crippen LogP contribution is -2.51. The number of fused-ring (bicyclic) bond motifs is 1. The molecule has 0 saturated carbocycles. The van der Waals surface area contributed by atoms with Crippen LogP contribution in [-0.4, -0.2) is 40.7 Å². The van der Waals surface area contributed by atoms with Crippen molar-refractivity contribution >= 4 is 36.9 Å². The second-order valence-corrected chi connectivity index (χ2v) is 7.82. The van der Waals surface area contributed by atoms with E-state index in [-0.39, 0.29) is 35.9 Å². The van der Waals surface area contributed by atoms with E-state index in [1.54, 1.807) is 0 Å². The summed E-state index contributed by atoms with van der Waals surface area (Å²) in [6, 6.07) is 8.57. The minimum Gasteiger partial charge on any atom is -0.312 e. The largest absolute Gasteiger partial charge is 0.433 e. The first-order chi connectivity index (χ1) is 16.5. The molecule has 0 aliphatic carbocycles. The average molecular weight is 523 g/mol. The monoisotopic (exact) mass is 523 g/mol. The fourth-order valence-corrected chi connectivity index (χ4v) is 3.83. The van der Waals surface area contributed by atoms with E-state index in [0.717, 1.165) is 29.3 Å². The van der Waals surface area contributed by atoms with Crippen LogP contribution < -0.4 is 4.90 Å². The highest BCUT2D eigenvalue weighted by molar-refractivity contribution is 7.59. The molecule has 1 aromatic heterocycles. The highest BCUT2D eigenvalue weighted by Gasteiger charge is 2.44. The van der Waals surface area contributed by atoms with Gasteiger partial charge in [-0.2, -0.15) is 26.7 Å². The maximum absolute atomic E-state index is 13.8. The molecular formula is C24H18F5N3O3S. The molecule has 1 atom stereocenters. The number of anilines is 1. The van der Waals surface area contributed by atoms with Crippen molar-refractivity contribution in [1.29, 1.82) is 0 Å². The molecule has 4 rings (SSSR count). The van der Waals surface area contributed by atoms with Gasteiger partial charge in [0, 0.05) is 19.5 Å². The molecule has 188 valence electrons. The standard InChI is InChI=1S/C24H16F5N3O3.H2S/c1-31(16-6-7-20(30-12-16)24(27,28)29)23(35)19(10-13-8-14(25)11-15(26)9-13)32-21(33)17-4-2-3-5-18(17)22(32)34;/h2-9,11-12,19H,10H2,1H3;1H2/t19-;/m0./s1. The number of hydrogen-bond acceptors (Lipinski definition) is 4. The molecule has 12 heteroatoms. The highest BCUT2D eigenvalue weighted by atomic mass is 32.1. The molecule has 0 saturated heterocycles. The van der Waals surface area contributed by atoms with Gasteiger partial charge in [-0.3, -0.25) is 19.3 Å². The van der Waals surface area contributed by atoms with Crippen molar-refractivity contribution in [3.05, 3.63) is 94.8 Å². The summed E-state index contributed by atoms with van der Waals surface area (Å²) >= 11 is 0. The van der Waals surface area contributed by atoms with Crippen LogP contribution in [0.5, 0.6) is 0 Å². The lowest BCUT2D eigenvalue weighted by atomic mass is 10.0. The van der Waals surface area contributed by atoms with E-state index < -0.39 is 53.7 Å². The van der Waals surface area contributed by atoms with Gasteiger partial charge in [-0.1, -0.05) is 12.1 Å². The summed E-state index contributed by atoms with van der Waals surface area (Å²) < 4.78 is 66.1. The van der Waals surface area contributed by atoms with Gasteiger partial charge in [0.1, 0.15) is 23.4 Å². The number of rotatable bonds is 5. The summed E-state index contributed by atoms with van der Waals surface area (Å²) in [6.07, 6.45) is -4.30. The van der Waals surface area contributed by atoms with Gasteiger partial charge in [-0.25, -0.2) is 13.8 Å². The fraction of sp³-hybridized carbons (Fsp3) is 0.167. The van der Waals surface area contributed by atoms with E-state index in [4.69, 9.17) is 0 Å². The first-order valence-electron chi connectivity index (χ1n) is 10.2. The summed E-state index contributed by atoms with van der Waals surface area (Å²) in [5, 5.41) is 0. The molecular weight excluding hydrogens is 505 g/mol. The van der Waals surface area contributed by atoms with Crippen molar-refractivity contribution < 1.29 is 36.3 Å². The van der Waals surface area contributed by atoms with Gasteiger partial charge in [0.2, 0.25) is 5.91 Å². The number of hydrogen-bond donors (Lipinski definition) is 0. The normalized spacial score (nSPS) is 13.8. The number of alkyl halides is 3. The predicted octanol–water partition coefficient (Wildman–Crippen LogP) is 4.36. The first kappa shape index (κ1) is 26.8. The second kappa shape index (κ2) is 10.1. The van der Waals surface area contributed by atoms with Crippen LogP contribution in [0.3, 0.4) is 0 Å². The Balaban J connectivity index is 0.00000361. The molecule has 0 radical (unpaired) electrons. The van der Waals surface area contributed by atoms with Gasteiger partial charge in [0.25, 0.3) is 11.8 Å². The van der Waals surface area contributed by atoms with Crippen LogP contribution in [0.4, 0.5) is 27.6 Å². The van der Waals surface area contributed by atoms with Gasteiger partial charge in [-0.05, 0) is 42.0 Å². The molecule has 0 unspecified atom stereocenters. The zero-order chi connectivity index (χ0) is 25.5. The number of carbonyl (C=O) groups excluding carboxylic acids is 3. The molecule has 1 aliphatic heterocycles. The van der Waals surface area contributed by atoms with Crippen molar-refractivity contribution in [2.45, 2.75) is 18.6 Å². The molecule has 1 aliphatic rings. The number of imide groups is 1. The average Bonchev–Trinajstić information content (AvgIpc) is 3.05. The maximum Gasteiger partial charge on any atom is 0.433 e. The SMILES string of the molecule is CN(C(=O)[C@H](Cc1cc(F)cc(F)c1)N1C(=O)c2ccccc2C1=O)c1ccc(C(F)(F)F)nc1.S. The lowest BCUT2D eigenvalue weighted by molar-refractivity contribution is -0.141. The van der Waals surface area contributed by atoms with E-state index in [0.29, 0.717) is 17.0 Å². The van der Waals surface area contributed by atoms with Crippen LogP contribution in [0, 0.1) is 11.6 Å². The molecule has 2 aromatic carbocycles. The molecule has 0 N–H and O–H groups in total. The zero-order valence-corrected chi connectivity index (χ0v) is 19.5. The Bertz CT molecular complexity index is 1280. The number of aromatic nitrogens is 1. The number of likely N-dealkylation sites (N-methyl/N-ethyl adjacent to an activating group) is 1. The third-order valence-electron chi connectivity index (χ3n) is 5.53. The van der Waals surface area contributed by atoms with Gasteiger partial charge in [0.05, 0.1) is 23.0 Å². The predicted molar refractivity (Wildman–Crippen MR) is 124 cm³/mol. The molecule has 3 aromatic rings. The van der Waals surface area contributed by atoms with Crippen molar-refractivity contribution in [3.63, 3.8) is 0 Å². The van der Waals surface area contributed by atoms with Crippen LogP contribution in [-0.2, 0) is 17.4 Å². The molecule has 6 nitrogen and oxygen atoms in total. The molecule has 36 heavy (non-hydrogen) atoms.